The first-order valence-corrected chi connectivity index (χ1v) is 13.6. The molecule has 0 spiro atoms. The molecule has 32 heavy (non-hydrogen) atoms. The average molecular weight is 455 g/mol. The molecule has 0 saturated heterocycles. The van der Waals surface area contributed by atoms with E-state index in [0.29, 0.717) is 6.42 Å². The molecule has 4 heteroatoms. The van der Waals surface area contributed by atoms with Gasteiger partial charge in [-0.25, -0.2) is 0 Å². The second-order valence-electron chi connectivity index (χ2n) is 9.08. The molecular formula is C28H54O4. The number of unbranched alkanes of at least 4 members (excludes halogenated alkanes) is 19. The lowest BCUT2D eigenvalue weighted by Gasteiger charge is -2.03. The smallest absolute Gasteiger partial charge is 0.303 e. The highest BCUT2D eigenvalue weighted by Gasteiger charge is 1.97. The largest absolute Gasteiger partial charge is 0.481 e. The van der Waals surface area contributed by atoms with Crippen LogP contribution in [-0.4, -0.2) is 22.2 Å². The van der Waals surface area contributed by atoms with Gasteiger partial charge in [0.05, 0.1) is 0 Å². The molecule has 0 aromatic heterocycles. The average Bonchev–Trinajstić information content (AvgIpc) is 2.73. The topological polar surface area (TPSA) is 74.6 Å². The number of allylic oxidation sites excluding steroid dienone is 2. The van der Waals surface area contributed by atoms with E-state index in [-0.39, 0.29) is 0 Å². The van der Waals surface area contributed by atoms with Crippen molar-refractivity contribution in [3.05, 3.63) is 12.2 Å². The number of carboxylic acids is 2. The van der Waals surface area contributed by atoms with E-state index in [1.807, 2.05) is 0 Å². The van der Waals surface area contributed by atoms with Crippen LogP contribution in [0.3, 0.4) is 0 Å². The lowest BCUT2D eigenvalue weighted by Crippen LogP contribution is -1.93. The molecule has 2 N–H and O–H groups in total. The number of rotatable bonds is 23. The van der Waals surface area contributed by atoms with E-state index in [1.54, 1.807) is 0 Å². The van der Waals surface area contributed by atoms with Crippen LogP contribution in [0.25, 0.3) is 0 Å². The molecule has 0 aromatic carbocycles. The number of hydrogen-bond donors (Lipinski definition) is 2. The van der Waals surface area contributed by atoms with E-state index < -0.39 is 11.9 Å². The van der Waals surface area contributed by atoms with Gasteiger partial charge in [0.25, 0.3) is 5.97 Å². The van der Waals surface area contributed by atoms with Crippen LogP contribution in [0.5, 0.6) is 0 Å². The first-order chi connectivity index (χ1) is 15.5. The Balaban J connectivity index is 0. The lowest BCUT2D eigenvalue weighted by atomic mass is 10.0. The summed E-state index contributed by atoms with van der Waals surface area (Å²) in [5.41, 5.74) is 0. The van der Waals surface area contributed by atoms with Crippen molar-refractivity contribution < 1.29 is 19.8 Å². The Morgan fingerprint density at radius 1 is 0.531 bits per heavy atom. The number of carbonyl (C=O) groups is 2. The van der Waals surface area contributed by atoms with Gasteiger partial charge in [0.1, 0.15) is 0 Å². The summed E-state index contributed by atoms with van der Waals surface area (Å²) in [4.78, 5) is 19.4. The van der Waals surface area contributed by atoms with Crippen LogP contribution in [0.15, 0.2) is 12.2 Å². The van der Waals surface area contributed by atoms with Gasteiger partial charge in [0.2, 0.25) is 0 Å². The fraction of sp³-hybridized carbons (Fsp3) is 0.857. The summed E-state index contributed by atoms with van der Waals surface area (Å²) in [6.45, 7) is 3.36. The molecule has 0 bridgehead atoms. The Labute approximate surface area is 199 Å². The zero-order valence-electron chi connectivity index (χ0n) is 21.4. The molecule has 0 amide bonds. The van der Waals surface area contributed by atoms with Crippen LogP contribution >= 0.6 is 0 Å². The predicted molar refractivity (Wildman–Crippen MR) is 137 cm³/mol. The van der Waals surface area contributed by atoms with Gasteiger partial charge >= 0.3 is 5.97 Å². The molecule has 0 unspecified atom stereocenters. The minimum Gasteiger partial charge on any atom is -0.481 e. The van der Waals surface area contributed by atoms with Crippen molar-refractivity contribution in [2.75, 3.05) is 0 Å². The third-order valence-corrected chi connectivity index (χ3v) is 5.65. The van der Waals surface area contributed by atoms with Crippen molar-refractivity contribution in [3.8, 4) is 0 Å². The molecule has 0 radical (unpaired) electrons. The Bertz CT molecular complexity index is 414. The van der Waals surface area contributed by atoms with E-state index >= 15 is 0 Å². The van der Waals surface area contributed by atoms with Crippen molar-refractivity contribution in [1.82, 2.24) is 0 Å². The first-order valence-electron chi connectivity index (χ1n) is 13.6. The van der Waals surface area contributed by atoms with Gasteiger partial charge in [-0.05, 0) is 32.1 Å². The number of hydrogen-bond acceptors (Lipinski definition) is 2. The zero-order chi connectivity index (χ0) is 24.1. The van der Waals surface area contributed by atoms with Crippen LogP contribution in [0.1, 0.15) is 155 Å². The second kappa shape index (κ2) is 29.7. The van der Waals surface area contributed by atoms with Crippen LogP contribution < -0.4 is 0 Å². The molecular weight excluding hydrogens is 400 g/mol. The summed E-state index contributed by atoms with van der Waals surface area (Å²) in [5, 5.41) is 16.0. The quantitative estimate of drug-likeness (QED) is 0.119. The molecule has 0 fully saturated rings. The van der Waals surface area contributed by atoms with Crippen LogP contribution in [0.4, 0.5) is 0 Å². The van der Waals surface area contributed by atoms with Crippen molar-refractivity contribution in [3.63, 3.8) is 0 Å². The SMILES string of the molecule is CC(=O)O.CCCCCCCC/C=C\CCCCCCCCCCCCCCCC(=O)O. The van der Waals surface area contributed by atoms with Crippen molar-refractivity contribution in [1.29, 1.82) is 0 Å². The summed E-state index contributed by atoms with van der Waals surface area (Å²) >= 11 is 0. The Kier molecular flexibility index (Phi) is 30.5. The fourth-order valence-corrected chi connectivity index (χ4v) is 3.76. The van der Waals surface area contributed by atoms with E-state index in [0.717, 1.165) is 19.8 Å². The van der Waals surface area contributed by atoms with Crippen molar-refractivity contribution in [2.45, 2.75) is 155 Å². The lowest BCUT2D eigenvalue weighted by molar-refractivity contribution is -0.137. The summed E-state index contributed by atoms with van der Waals surface area (Å²) in [5.74, 6) is -1.49. The molecule has 0 saturated carbocycles. The van der Waals surface area contributed by atoms with E-state index in [4.69, 9.17) is 15.0 Å². The maximum absolute atomic E-state index is 10.4. The Hall–Kier alpha value is -1.32. The van der Waals surface area contributed by atoms with E-state index in [9.17, 15) is 4.79 Å². The minimum absolute atomic E-state index is 0.343. The molecule has 0 heterocycles. The van der Waals surface area contributed by atoms with Crippen molar-refractivity contribution >= 4 is 11.9 Å². The molecule has 190 valence electrons. The molecule has 0 aromatic rings. The van der Waals surface area contributed by atoms with Gasteiger partial charge in [-0.15, -0.1) is 0 Å². The van der Waals surface area contributed by atoms with E-state index in [1.165, 1.54) is 122 Å². The highest BCUT2D eigenvalue weighted by atomic mass is 16.4. The predicted octanol–water partition coefficient (Wildman–Crippen LogP) is 9.32. The maximum atomic E-state index is 10.4. The van der Waals surface area contributed by atoms with Gasteiger partial charge in [-0.3, -0.25) is 9.59 Å². The second-order valence-corrected chi connectivity index (χ2v) is 9.08. The summed E-state index contributed by atoms with van der Waals surface area (Å²) in [7, 11) is 0. The highest BCUT2D eigenvalue weighted by molar-refractivity contribution is 5.66. The van der Waals surface area contributed by atoms with Gasteiger partial charge in [0, 0.05) is 13.3 Å². The van der Waals surface area contributed by atoms with Gasteiger partial charge in [-0.1, -0.05) is 122 Å². The maximum Gasteiger partial charge on any atom is 0.303 e. The zero-order valence-corrected chi connectivity index (χ0v) is 21.4. The third-order valence-electron chi connectivity index (χ3n) is 5.65. The summed E-state index contributed by atoms with van der Waals surface area (Å²) < 4.78 is 0. The molecule has 4 nitrogen and oxygen atoms in total. The first kappa shape index (κ1) is 32.9. The summed E-state index contributed by atoms with van der Waals surface area (Å²) in [6, 6.07) is 0. The number of aliphatic carboxylic acids is 2. The van der Waals surface area contributed by atoms with Gasteiger partial charge in [0.15, 0.2) is 0 Å². The van der Waals surface area contributed by atoms with Crippen LogP contribution in [0, 0.1) is 0 Å². The summed E-state index contributed by atoms with van der Waals surface area (Å²) in [6.07, 6.45) is 33.0. The highest BCUT2D eigenvalue weighted by Crippen LogP contribution is 2.14. The standard InChI is InChI=1S/C26H50O2.C2H4O2/c1-2-3-4-5-6-7-8-9-10-11-12-13-14-15-16-17-18-19-20-21-22-23-24-25-26(27)28;1-2(3)4/h9-10H,2-8,11-25H2,1H3,(H,27,28);1H3,(H,3,4)/b10-9-;. The number of carboxylic acid groups (broad SMARTS) is 2. The van der Waals surface area contributed by atoms with Crippen LogP contribution in [0.2, 0.25) is 0 Å². The van der Waals surface area contributed by atoms with Gasteiger partial charge < -0.3 is 10.2 Å². The molecule has 0 atom stereocenters. The van der Waals surface area contributed by atoms with Gasteiger partial charge in [-0.2, -0.15) is 0 Å². The van der Waals surface area contributed by atoms with E-state index in [2.05, 4.69) is 19.1 Å². The fourth-order valence-electron chi connectivity index (χ4n) is 3.76. The van der Waals surface area contributed by atoms with Crippen LogP contribution in [-0.2, 0) is 9.59 Å². The minimum atomic E-state index is -0.833. The monoisotopic (exact) mass is 454 g/mol. The molecule has 0 aliphatic heterocycles. The molecule has 0 rings (SSSR count). The third kappa shape index (κ3) is 39.2. The Morgan fingerprint density at radius 3 is 1.12 bits per heavy atom. The Morgan fingerprint density at radius 2 is 0.812 bits per heavy atom. The van der Waals surface area contributed by atoms with Crippen molar-refractivity contribution in [2.24, 2.45) is 0 Å². The normalized spacial score (nSPS) is 10.8. The molecule has 0 aliphatic rings. The molecule has 0 aliphatic carbocycles.